The smallest absolute Gasteiger partial charge is 0.328 e. The lowest BCUT2D eigenvalue weighted by molar-refractivity contribution is -0.131. The average Bonchev–Trinajstić information content (AvgIpc) is 2.71. The fourth-order valence-corrected chi connectivity index (χ4v) is 2.82. The van der Waals surface area contributed by atoms with E-state index in [2.05, 4.69) is 21.2 Å². The van der Waals surface area contributed by atoms with Crippen molar-refractivity contribution in [3.05, 3.63) is 32.9 Å². The summed E-state index contributed by atoms with van der Waals surface area (Å²) in [6.45, 7) is 4.49. The van der Waals surface area contributed by atoms with Crippen molar-refractivity contribution >= 4 is 39.1 Å². The third-order valence-corrected chi connectivity index (χ3v) is 4.37. The number of carboxylic acids is 1. The first-order chi connectivity index (χ1) is 8.31. The molecule has 1 heterocycles. The van der Waals surface area contributed by atoms with Crippen molar-refractivity contribution in [3.8, 4) is 0 Å². The molecule has 0 saturated heterocycles. The molecule has 18 heavy (non-hydrogen) atoms. The minimum Gasteiger partial charge on any atom is -0.478 e. The van der Waals surface area contributed by atoms with Gasteiger partial charge in [0.2, 0.25) is 5.91 Å². The predicted octanol–water partition coefficient (Wildman–Crippen LogP) is 2.55. The van der Waals surface area contributed by atoms with Gasteiger partial charge in [0.15, 0.2) is 0 Å². The van der Waals surface area contributed by atoms with Crippen molar-refractivity contribution in [1.82, 2.24) is 5.32 Å². The van der Waals surface area contributed by atoms with Gasteiger partial charge < -0.3 is 10.4 Å². The third kappa shape index (κ3) is 4.62. The fraction of sp³-hybridized carbons (Fsp3) is 0.333. The fourth-order valence-electron chi connectivity index (χ4n) is 1.27. The second-order valence-electron chi connectivity index (χ2n) is 4.40. The molecule has 0 saturated carbocycles. The Hall–Kier alpha value is -1.14. The summed E-state index contributed by atoms with van der Waals surface area (Å²) < 4.78 is 1.02. The van der Waals surface area contributed by atoms with Gasteiger partial charge in [-0.2, -0.15) is 0 Å². The van der Waals surface area contributed by atoms with E-state index in [9.17, 15) is 9.59 Å². The number of nitrogens with one attached hydrogen (secondary N) is 1. The molecule has 0 aliphatic heterocycles. The van der Waals surface area contributed by atoms with Gasteiger partial charge in [0.1, 0.15) is 0 Å². The van der Waals surface area contributed by atoms with E-state index in [0.29, 0.717) is 6.54 Å². The Balaban J connectivity index is 2.57. The van der Waals surface area contributed by atoms with E-state index in [1.807, 2.05) is 25.3 Å². The molecule has 0 radical (unpaired) electrons. The van der Waals surface area contributed by atoms with Gasteiger partial charge >= 0.3 is 5.97 Å². The molecule has 2 N–H and O–H groups in total. The zero-order valence-electron chi connectivity index (χ0n) is 10.1. The van der Waals surface area contributed by atoms with Crippen molar-refractivity contribution in [1.29, 1.82) is 0 Å². The molecule has 1 amide bonds. The van der Waals surface area contributed by atoms with Crippen LogP contribution in [0.2, 0.25) is 0 Å². The molecule has 0 spiro atoms. The van der Waals surface area contributed by atoms with Crippen molar-refractivity contribution in [2.45, 2.75) is 19.3 Å². The second kappa shape index (κ2) is 6.15. The third-order valence-electron chi connectivity index (χ3n) is 2.32. The zero-order valence-corrected chi connectivity index (χ0v) is 12.5. The van der Waals surface area contributed by atoms with E-state index in [4.69, 9.17) is 5.11 Å². The van der Waals surface area contributed by atoms with E-state index < -0.39 is 11.9 Å². The summed E-state index contributed by atoms with van der Waals surface area (Å²) in [5, 5.41) is 13.1. The van der Waals surface area contributed by atoms with Gasteiger partial charge in [0.05, 0.1) is 0 Å². The topological polar surface area (TPSA) is 66.4 Å². The van der Waals surface area contributed by atoms with Gasteiger partial charge in [0.25, 0.3) is 0 Å². The highest BCUT2D eigenvalue weighted by Gasteiger charge is 2.22. The number of carbonyl (C=O) groups excluding carboxylic acids is 1. The number of thiophene rings is 1. The highest BCUT2D eigenvalue weighted by Crippen LogP contribution is 2.30. The average molecular weight is 332 g/mol. The van der Waals surface area contributed by atoms with Crippen molar-refractivity contribution in [2.24, 2.45) is 0 Å². The largest absolute Gasteiger partial charge is 0.478 e. The van der Waals surface area contributed by atoms with Crippen LogP contribution in [0.4, 0.5) is 0 Å². The first-order valence-corrected chi connectivity index (χ1v) is 6.92. The Bertz CT molecular complexity index is 479. The number of halogens is 1. The van der Waals surface area contributed by atoms with Crippen molar-refractivity contribution < 1.29 is 14.7 Å². The maximum Gasteiger partial charge on any atom is 0.328 e. The lowest BCUT2D eigenvalue weighted by Gasteiger charge is -2.23. The number of carboxylic acid groups (broad SMARTS) is 1. The molecule has 0 unspecified atom stereocenters. The van der Waals surface area contributed by atoms with Gasteiger partial charge in [-0.1, -0.05) is 13.8 Å². The zero-order chi connectivity index (χ0) is 13.8. The molecule has 1 aromatic heterocycles. The van der Waals surface area contributed by atoms with Crippen LogP contribution in [-0.2, 0) is 15.0 Å². The van der Waals surface area contributed by atoms with Crippen LogP contribution >= 0.6 is 27.3 Å². The van der Waals surface area contributed by atoms with E-state index in [1.165, 1.54) is 0 Å². The van der Waals surface area contributed by atoms with Crippen LogP contribution in [-0.4, -0.2) is 23.5 Å². The second-order valence-corrected chi connectivity index (χ2v) is 6.23. The van der Waals surface area contributed by atoms with Gasteiger partial charge in [-0.25, -0.2) is 4.79 Å². The van der Waals surface area contributed by atoms with Crippen LogP contribution < -0.4 is 5.32 Å². The first-order valence-electron chi connectivity index (χ1n) is 5.24. The van der Waals surface area contributed by atoms with Gasteiger partial charge in [-0.15, -0.1) is 11.3 Å². The summed E-state index contributed by atoms with van der Waals surface area (Å²) >= 11 is 5.01. The minimum atomic E-state index is -1.13. The molecule has 6 heteroatoms. The molecule has 0 bridgehead atoms. The van der Waals surface area contributed by atoms with Crippen LogP contribution in [0.1, 0.15) is 18.7 Å². The van der Waals surface area contributed by atoms with E-state index in [0.717, 1.165) is 21.5 Å². The maximum absolute atomic E-state index is 11.4. The quantitative estimate of drug-likeness (QED) is 0.815. The maximum atomic E-state index is 11.4. The van der Waals surface area contributed by atoms with Crippen LogP contribution in [0.15, 0.2) is 28.1 Å². The molecule has 0 atom stereocenters. The molecule has 1 rings (SSSR count). The molecule has 1 aromatic rings. The van der Waals surface area contributed by atoms with Crippen LogP contribution in [0.3, 0.4) is 0 Å². The van der Waals surface area contributed by atoms with E-state index >= 15 is 0 Å². The van der Waals surface area contributed by atoms with Crippen LogP contribution in [0, 0.1) is 0 Å². The number of hydrogen-bond acceptors (Lipinski definition) is 3. The lowest BCUT2D eigenvalue weighted by Crippen LogP contribution is -2.35. The molecule has 4 nitrogen and oxygen atoms in total. The Labute approximate surface area is 118 Å². The SMILES string of the molecule is CC(C)(CNC(=O)/C=C/C(=O)O)c1cc(Br)cs1. The predicted molar refractivity (Wildman–Crippen MR) is 74.8 cm³/mol. The summed E-state index contributed by atoms with van der Waals surface area (Å²) in [4.78, 5) is 22.8. The number of carbonyl (C=O) groups is 2. The Morgan fingerprint density at radius 2 is 2.17 bits per heavy atom. The highest BCUT2D eigenvalue weighted by molar-refractivity contribution is 9.10. The Kier molecular flexibility index (Phi) is 5.10. The van der Waals surface area contributed by atoms with Crippen LogP contribution in [0.5, 0.6) is 0 Å². The lowest BCUT2D eigenvalue weighted by atomic mass is 9.91. The standard InChI is InChI=1S/C12H14BrNO3S/c1-12(2,9-5-8(13)6-18-9)7-14-10(15)3-4-11(16)17/h3-6H,7H2,1-2H3,(H,14,15)(H,16,17)/b4-3+. The molecular weight excluding hydrogens is 318 g/mol. The first kappa shape index (κ1) is 14.9. The normalized spacial score (nSPS) is 11.7. The van der Waals surface area contributed by atoms with Gasteiger partial charge in [-0.05, 0) is 22.0 Å². The summed E-state index contributed by atoms with van der Waals surface area (Å²) in [6, 6.07) is 2.02. The molecule has 0 fully saturated rings. The summed E-state index contributed by atoms with van der Waals surface area (Å²) in [6.07, 6.45) is 1.84. The van der Waals surface area contributed by atoms with Gasteiger partial charge in [0, 0.05) is 38.8 Å². The summed E-state index contributed by atoms with van der Waals surface area (Å²) in [7, 11) is 0. The van der Waals surface area contributed by atoms with Crippen LogP contribution in [0.25, 0.3) is 0 Å². The van der Waals surface area contributed by atoms with Crippen molar-refractivity contribution in [3.63, 3.8) is 0 Å². The summed E-state index contributed by atoms with van der Waals surface area (Å²) in [5.41, 5.74) is -0.191. The number of hydrogen-bond donors (Lipinski definition) is 2. The highest BCUT2D eigenvalue weighted by atomic mass is 79.9. The summed E-state index contributed by atoms with van der Waals surface area (Å²) in [5.74, 6) is -1.53. The molecule has 98 valence electrons. The van der Waals surface area contributed by atoms with E-state index in [-0.39, 0.29) is 5.41 Å². The Morgan fingerprint density at radius 3 is 2.67 bits per heavy atom. The Morgan fingerprint density at radius 1 is 1.50 bits per heavy atom. The van der Waals surface area contributed by atoms with Crippen molar-refractivity contribution in [2.75, 3.05) is 6.54 Å². The molecule has 0 aliphatic carbocycles. The monoisotopic (exact) mass is 331 g/mol. The molecule has 0 aliphatic rings. The number of aliphatic carboxylic acids is 1. The number of amides is 1. The molecule has 0 aromatic carbocycles. The van der Waals surface area contributed by atoms with E-state index in [1.54, 1.807) is 11.3 Å². The number of rotatable bonds is 5. The minimum absolute atomic E-state index is 0.191. The van der Waals surface area contributed by atoms with Gasteiger partial charge in [-0.3, -0.25) is 4.79 Å². The molecular formula is C12H14BrNO3S.